The number of benzene rings is 6. The number of hydrogen-bond acceptors (Lipinski definition) is 24. The van der Waals surface area contributed by atoms with Crippen LogP contribution in [0.2, 0.25) is 0 Å². The van der Waals surface area contributed by atoms with Crippen LogP contribution in [0.5, 0.6) is 23.0 Å². The van der Waals surface area contributed by atoms with E-state index in [9.17, 15) is 95.2 Å². The van der Waals surface area contributed by atoms with Crippen LogP contribution in [-0.4, -0.2) is 77.3 Å². The summed E-state index contributed by atoms with van der Waals surface area (Å²) in [6.07, 6.45) is 0.791. The Morgan fingerprint density at radius 1 is 0.514 bits per heavy atom. The zero-order chi connectivity index (χ0) is 51.5. The quantitative estimate of drug-likeness (QED) is 0.0426. The van der Waals surface area contributed by atoms with Gasteiger partial charge in [-0.1, -0.05) is 23.6 Å². The molecule has 0 aliphatic rings. The first-order chi connectivity index (χ1) is 32.0. The van der Waals surface area contributed by atoms with Gasteiger partial charge in [-0.05, 0) is 53.9 Å². The SMILES string of the molecule is C=Nc1ccc2c([O-])c(N=Nc3cc([N+](=O)[O-])cc([N+](=O)[O-])c3[O-])cc(S(=O)(=O)O)c2c1.O=[N+]([O-])c1cc(N=Nc2cc(S(=O)(=O)O)c3ccc(N=CCS(=O)(=O)O)cc3c2[O-])c([O-])c([N+](=O)[O-])c1.[Cr+3].[H+]. The first-order valence-corrected chi connectivity index (χ1v) is 22.1. The molecule has 0 atom stereocenters. The van der Waals surface area contributed by atoms with Crippen molar-refractivity contribution in [2.75, 3.05) is 5.75 Å². The molecule has 70 heavy (non-hydrogen) atoms. The third-order valence-corrected chi connectivity index (χ3v) is 11.1. The molecule has 0 saturated carbocycles. The average Bonchev–Trinajstić information content (AvgIpc) is 3.25. The van der Waals surface area contributed by atoms with Crippen molar-refractivity contribution in [2.45, 2.75) is 9.79 Å². The molecule has 6 aromatic carbocycles. The van der Waals surface area contributed by atoms with Crippen LogP contribution in [0.15, 0.2) is 113 Å². The number of nitro benzene ring substituents is 4. The van der Waals surface area contributed by atoms with Crippen LogP contribution in [0.4, 0.5) is 56.9 Å². The summed E-state index contributed by atoms with van der Waals surface area (Å²) in [5, 5.41) is 107. The van der Waals surface area contributed by atoms with Gasteiger partial charge in [0, 0.05) is 40.6 Å². The zero-order valence-corrected chi connectivity index (χ0v) is 37.4. The Morgan fingerprint density at radius 3 is 1.30 bits per heavy atom. The number of nitrogens with zero attached hydrogens (tertiary/aromatic N) is 10. The van der Waals surface area contributed by atoms with E-state index in [1.165, 1.54) is 24.3 Å². The van der Waals surface area contributed by atoms with Gasteiger partial charge >= 0.3 is 18.8 Å². The number of rotatable bonds is 14. The van der Waals surface area contributed by atoms with Crippen LogP contribution in [0.1, 0.15) is 1.43 Å². The maximum Gasteiger partial charge on any atom is 3.00 e. The van der Waals surface area contributed by atoms with E-state index in [0.717, 1.165) is 18.3 Å². The van der Waals surface area contributed by atoms with E-state index < -0.39 is 139 Å². The molecule has 0 saturated heterocycles. The number of fused-ring (bicyclic) bond motifs is 2. The number of azo groups is 2. The predicted molar refractivity (Wildman–Crippen MR) is 228 cm³/mol. The largest absolute Gasteiger partial charge is 3.00 e. The van der Waals surface area contributed by atoms with Gasteiger partial charge in [0.1, 0.15) is 15.5 Å². The molecule has 0 heterocycles. The van der Waals surface area contributed by atoms with Gasteiger partial charge in [0.05, 0.1) is 66.0 Å². The van der Waals surface area contributed by atoms with E-state index in [2.05, 4.69) is 37.2 Å². The van der Waals surface area contributed by atoms with Gasteiger partial charge in [0.2, 0.25) is 0 Å². The second-order valence-corrected chi connectivity index (χ2v) is 17.4. The molecular weight excluding hydrogens is 1040 g/mol. The fourth-order valence-electron chi connectivity index (χ4n) is 5.69. The Morgan fingerprint density at radius 2 is 0.900 bits per heavy atom. The van der Waals surface area contributed by atoms with E-state index in [1.807, 2.05) is 0 Å². The number of non-ortho nitro benzene ring substituents is 2. The van der Waals surface area contributed by atoms with Gasteiger partial charge in [-0.3, -0.25) is 64.1 Å². The minimum Gasteiger partial charge on any atom is -0.871 e. The number of nitro groups is 4. The van der Waals surface area contributed by atoms with Crippen molar-refractivity contribution >= 4 is 122 Å². The molecule has 0 aromatic heterocycles. The Balaban J connectivity index is 0.000000368. The van der Waals surface area contributed by atoms with Gasteiger partial charge in [-0.15, -0.1) is 0 Å². The molecule has 0 amide bonds. The van der Waals surface area contributed by atoms with Crippen molar-refractivity contribution < 1.29 is 97.8 Å². The molecule has 0 aliphatic carbocycles. The van der Waals surface area contributed by atoms with Crippen LogP contribution in [0.3, 0.4) is 0 Å². The van der Waals surface area contributed by atoms with Crippen molar-refractivity contribution in [3.05, 3.63) is 113 Å². The van der Waals surface area contributed by atoms with Crippen molar-refractivity contribution in [3.8, 4) is 23.0 Å². The second kappa shape index (κ2) is 20.8. The second-order valence-electron chi connectivity index (χ2n) is 13.1. The third-order valence-electron chi connectivity index (χ3n) is 8.71. The van der Waals surface area contributed by atoms with Gasteiger partial charge in [-0.25, -0.2) is 0 Å². The Kier molecular flexibility index (Phi) is 16.0. The normalized spacial score (nSPS) is 11.9. The molecule has 0 spiro atoms. The maximum atomic E-state index is 12.9. The Hall–Kier alpha value is -8.56. The van der Waals surface area contributed by atoms with Crippen molar-refractivity contribution in [2.24, 2.45) is 30.4 Å². The fourth-order valence-corrected chi connectivity index (χ4v) is 7.37. The maximum absolute atomic E-state index is 12.9. The topological polar surface area (TPSA) is 502 Å². The standard InChI is InChI=1S/C18H13N5O12S2.C17H11N5O9S.Cr/c24-17-12-5-9(19-3-4-36(30,31)32)1-2-11(12)16(37(33,34)35)8-14(17)21-20-13-6-10(22(26)27)7-15(18(13)25)23(28)29;1-18-8-2-3-10-11(4-8)15(32(29,30)31)7-13(16(10)23)20-19-12-5-9(21(25)26)6-14(17(12)24)22(27)28;/h1-3,5-8,24-25H,4H2,(H,30,31,32)(H,33,34,35);2-7,23-24H,1H2,(H,29,30,31);/q;;+3/p-3. The summed E-state index contributed by atoms with van der Waals surface area (Å²) < 4.78 is 97.0. The molecule has 6 aromatic rings. The molecule has 6 rings (SSSR count). The van der Waals surface area contributed by atoms with E-state index in [4.69, 9.17) is 4.55 Å². The number of hydrogen-bond donors (Lipinski definition) is 3. The van der Waals surface area contributed by atoms with E-state index in [-0.39, 0.29) is 46.3 Å². The van der Waals surface area contributed by atoms with Gasteiger partial charge < -0.3 is 20.4 Å². The van der Waals surface area contributed by atoms with Crippen molar-refractivity contribution in [1.82, 2.24) is 0 Å². The average molecular weight is 1070 g/mol. The summed E-state index contributed by atoms with van der Waals surface area (Å²) in [6, 6.07) is 10.2. The fraction of sp³-hybridized carbons (Fsp3) is 0.0286. The summed E-state index contributed by atoms with van der Waals surface area (Å²) >= 11 is 0. The number of aliphatic imine (C=N–C) groups is 2. The molecule has 0 bridgehead atoms. The molecular formula is C35H21CrN10O21S3. The minimum absolute atomic E-state index is 0. The Labute approximate surface area is 400 Å². The van der Waals surface area contributed by atoms with Crippen LogP contribution in [0, 0.1) is 40.5 Å². The first kappa shape index (κ1) is 54.1. The van der Waals surface area contributed by atoms with E-state index >= 15 is 0 Å². The predicted octanol–water partition coefficient (Wildman–Crippen LogP) is 4.96. The van der Waals surface area contributed by atoms with Gasteiger partial charge in [0.25, 0.3) is 53.1 Å². The van der Waals surface area contributed by atoms with Crippen molar-refractivity contribution in [1.29, 1.82) is 0 Å². The van der Waals surface area contributed by atoms with Crippen molar-refractivity contribution in [3.63, 3.8) is 0 Å². The summed E-state index contributed by atoms with van der Waals surface area (Å²) in [5.74, 6) is -5.44. The molecule has 0 aliphatic heterocycles. The van der Waals surface area contributed by atoms with Gasteiger partial charge in [-0.2, -0.15) is 45.7 Å². The molecule has 361 valence electrons. The first-order valence-electron chi connectivity index (χ1n) is 17.6. The summed E-state index contributed by atoms with van der Waals surface area (Å²) in [7, 11) is -14.2. The molecule has 0 fully saturated rings. The summed E-state index contributed by atoms with van der Waals surface area (Å²) in [4.78, 5) is 45.5. The van der Waals surface area contributed by atoms with Crippen LogP contribution in [-0.2, 0) is 47.7 Å². The molecule has 0 unspecified atom stereocenters. The van der Waals surface area contributed by atoms with E-state index in [0.29, 0.717) is 36.4 Å². The smallest absolute Gasteiger partial charge is 0.871 e. The summed E-state index contributed by atoms with van der Waals surface area (Å²) in [5.41, 5.74) is -7.09. The third kappa shape index (κ3) is 12.3. The van der Waals surface area contributed by atoms with Crippen LogP contribution >= 0.6 is 0 Å². The zero-order valence-electron chi connectivity index (χ0n) is 34.7. The molecule has 1 radical (unpaired) electrons. The van der Waals surface area contributed by atoms with Crippen LogP contribution in [0.25, 0.3) is 21.5 Å². The molecule has 35 heteroatoms. The molecule has 31 nitrogen and oxygen atoms in total. The molecule has 3 N–H and O–H groups in total. The monoisotopic (exact) mass is 1060 g/mol. The summed E-state index contributed by atoms with van der Waals surface area (Å²) in [6.45, 7) is 3.28. The van der Waals surface area contributed by atoms with E-state index in [1.54, 1.807) is 0 Å². The van der Waals surface area contributed by atoms with Crippen LogP contribution < -0.4 is 20.4 Å². The van der Waals surface area contributed by atoms with Gasteiger partial charge in [0.15, 0.2) is 0 Å². The minimum atomic E-state index is -4.98. The Bertz CT molecular complexity index is 3680.